The number of hydrogen-bond acceptors (Lipinski definition) is 6. The van der Waals surface area contributed by atoms with Gasteiger partial charge in [0.2, 0.25) is 17.7 Å². The number of anilines is 2. The summed E-state index contributed by atoms with van der Waals surface area (Å²) in [4.78, 5) is 43.0. The van der Waals surface area contributed by atoms with Crippen LogP contribution in [0.15, 0.2) is 47.0 Å². The largest absolute Gasteiger partial charge is 0.360 e. The average molecular weight is 491 g/mol. The Bertz CT molecular complexity index is 1250. The highest BCUT2D eigenvalue weighted by Crippen LogP contribution is 2.56. The van der Waals surface area contributed by atoms with Gasteiger partial charge in [0, 0.05) is 17.8 Å². The number of nitrogens with zero attached hydrogens (tertiary/aromatic N) is 2. The summed E-state index contributed by atoms with van der Waals surface area (Å²) in [6, 6.07) is 8.29. The van der Waals surface area contributed by atoms with Gasteiger partial charge in [-0.3, -0.25) is 19.3 Å². The van der Waals surface area contributed by atoms with Crippen LogP contribution < -0.4 is 15.5 Å². The Morgan fingerprint density at radius 2 is 1.89 bits per heavy atom. The second-order valence-electron chi connectivity index (χ2n) is 10.4. The minimum Gasteiger partial charge on any atom is -0.360 e. The number of benzene rings is 1. The molecule has 0 radical (unpaired) electrons. The van der Waals surface area contributed by atoms with E-state index >= 15 is 0 Å². The highest BCUT2D eigenvalue weighted by Gasteiger charge is 2.73. The van der Waals surface area contributed by atoms with Crippen molar-refractivity contribution in [2.24, 2.45) is 11.8 Å². The van der Waals surface area contributed by atoms with Crippen LogP contribution in [0.3, 0.4) is 0 Å². The average Bonchev–Trinajstić information content (AvgIpc) is 3.61. The number of para-hydroxylation sites is 1. The van der Waals surface area contributed by atoms with Gasteiger partial charge in [0.05, 0.1) is 17.9 Å². The topological polar surface area (TPSA) is 114 Å². The molecule has 4 heterocycles. The molecule has 6 rings (SSSR count). The molecule has 1 aromatic carbocycles. The van der Waals surface area contributed by atoms with Crippen molar-refractivity contribution in [2.45, 2.75) is 69.7 Å². The third kappa shape index (κ3) is 3.48. The van der Waals surface area contributed by atoms with E-state index in [4.69, 9.17) is 9.26 Å². The smallest absolute Gasteiger partial charge is 0.246 e. The van der Waals surface area contributed by atoms with E-state index < -0.39 is 29.6 Å². The molecule has 1 aromatic heterocycles. The zero-order chi connectivity index (χ0) is 25.0. The van der Waals surface area contributed by atoms with Crippen LogP contribution in [-0.2, 0) is 19.1 Å². The van der Waals surface area contributed by atoms with E-state index in [2.05, 4.69) is 15.8 Å². The zero-order valence-electron chi connectivity index (χ0n) is 20.4. The fraction of sp³-hybridized carbons (Fsp3) is 0.481. The molecule has 188 valence electrons. The summed E-state index contributed by atoms with van der Waals surface area (Å²) in [5, 5.41) is 9.82. The Balaban J connectivity index is 1.38. The van der Waals surface area contributed by atoms with Gasteiger partial charge in [-0.25, -0.2) is 0 Å². The molecular weight excluding hydrogens is 460 g/mol. The summed E-state index contributed by atoms with van der Waals surface area (Å²) < 4.78 is 11.5. The number of carbonyl (C=O) groups excluding carboxylic acids is 3. The molecule has 4 aliphatic rings. The third-order valence-electron chi connectivity index (χ3n) is 8.03. The standard InChI is InChI=1S/C27H30N4O5/c1-15-8-6-7-11-18(15)31-23(25(33)28-17-9-4-3-5-10-17)27-13-12-19(35-27)21(22(27)26(31)34)24(32)29-20-14-16(2)36-30-20/h6-8,11-14,17,19,21-23H,3-5,9-10H2,1-2H3,(H,28,33)(H,29,30,32)/t19-,21+,22-,23+,27+/m1/s1. The van der Waals surface area contributed by atoms with Gasteiger partial charge >= 0.3 is 0 Å². The van der Waals surface area contributed by atoms with Gasteiger partial charge in [-0.2, -0.15) is 0 Å². The monoisotopic (exact) mass is 490 g/mol. The zero-order valence-corrected chi connectivity index (χ0v) is 20.4. The van der Waals surface area contributed by atoms with Crippen molar-refractivity contribution in [3.05, 3.63) is 53.8 Å². The first-order valence-electron chi connectivity index (χ1n) is 12.7. The molecule has 2 N–H and O–H groups in total. The number of rotatable bonds is 5. The lowest BCUT2D eigenvalue weighted by Crippen LogP contribution is -2.56. The first kappa shape index (κ1) is 23.0. The summed E-state index contributed by atoms with van der Waals surface area (Å²) >= 11 is 0. The van der Waals surface area contributed by atoms with Crippen LogP contribution in [-0.4, -0.2) is 46.7 Å². The molecule has 1 saturated carbocycles. The van der Waals surface area contributed by atoms with Gasteiger partial charge in [0.15, 0.2) is 5.82 Å². The summed E-state index contributed by atoms with van der Waals surface area (Å²) in [5.74, 6) is -1.67. The lowest BCUT2D eigenvalue weighted by atomic mass is 9.74. The number of aryl methyl sites for hydroxylation is 2. The predicted octanol–water partition coefficient (Wildman–Crippen LogP) is 3.03. The molecule has 9 heteroatoms. The summed E-state index contributed by atoms with van der Waals surface area (Å²) in [5.41, 5.74) is 0.307. The van der Waals surface area contributed by atoms with Gasteiger partial charge in [-0.15, -0.1) is 0 Å². The van der Waals surface area contributed by atoms with Crippen molar-refractivity contribution >= 4 is 29.2 Å². The van der Waals surface area contributed by atoms with Crippen LogP contribution in [0.1, 0.15) is 43.4 Å². The first-order chi connectivity index (χ1) is 17.4. The third-order valence-corrected chi connectivity index (χ3v) is 8.03. The maximum atomic E-state index is 14.1. The molecule has 2 aromatic rings. The van der Waals surface area contributed by atoms with E-state index in [9.17, 15) is 14.4 Å². The molecule has 3 aliphatic heterocycles. The molecule has 5 atom stereocenters. The second kappa shape index (κ2) is 8.58. The van der Waals surface area contributed by atoms with Crippen LogP contribution in [0.25, 0.3) is 0 Å². The highest BCUT2D eigenvalue weighted by molar-refractivity contribution is 6.11. The SMILES string of the molecule is Cc1cc(NC(=O)[C@H]2[C@H]3C=C[C@@]4(O3)[C@H](C(=O)NC3CCCCC3)N(c3ccccc3C)C(=O)[C@@H]24)no1. The second-order valence-corrected chi connectivity index (χ2v) is 10.4. The first-order valence-corrected chi connectivity index (χ1v) is 12.7. The fourth-order valence-electron chi connectivity index (χ4n) is 6.43. The Hall–Kier alpha value is -3.46. The summed E-state index contributed by atoms with van der Waals surface area (Å²) in [7, 11) is 0. The van der Waals surface area contributed by atoms with E-state index in [1.807, 2.05) is 43.3 Å². The molecule has 3 amide bonds. The predicted molar refractivity (Wildman–Crippen MR) is 131 cm³/mol. The maximum absolute atomic E-state index is 14.1. The molecule has 2 bridgehead atoms. The maximum Gasteiger partial charge on any atom is 0.246 e. The minimum atomic E-state index is -1.22. The molecule has 36 heavy (non-hydrogen) atoms. The quantitative estimate of drug-likeness (QED) is 0.623. The Morgan fingerprint density at radius 3 is 2.61 bits per heavy atom. The van der Waals surface area contributed by atoms with Crippen molar-refractivity contribution in [2.75, 3.05) is 10.2 Å². The van der Waals surface area contributed by atoms with Crippen molar-refractivity contribution in [3.8, 4) is 0 Å². The Morgan fingerprint density at radius 1 is 1.11 bits per heavy atom. The van der Waals surface area contributed by atoms with Crippen molar-refractivity contribution in [1.82, 2.24) is 10.5 Å². The van der Waals surface area contributed by atoms with E-state index in [0.29, 0.717) is 11.4 Å². The molecule has 1 aliphatic carbocycles. The normalized spacial score (nSPS) is 31.1. The van der Waals surface area contributed by atoms with E-state index in [1.165, 1.54) is 6.42 Å². The molecule has 2 saturated heterocycles. The highest BCUT2D eigenvalue weighted by atomic mass is 16.5. The van der Waals surface area contributed by atoms with E-state index in [-0.39, 0.29) is 29.6 Å². The van der Waals surface area contributed by atoms with Gasteiger partial charge in [-0.05, 0) is 38.3 Å². The van der Waals surface area contributed by atoms with Crippen LogP contribution in [0.5, 0.6) is 0 Å². The number of aromatic nitrogens is 1. The minimum absolute atomic E-state index is 0.0765. The van der Waals surface area contributed by atoms with Gasteiger partial charge in [0.1, 0.15) is 17.4 Å². The van der Waals surface area contributed by atoms with Crippen molar-refractivity contribution in [3.63, 3.8) is 0 Å². The lowest BCUT2D eigenvalue weighted by molar-refractivity contribution is -0.129. The van der Waals surface area contributed by atoms with Crippen LogP contribution in [0.4, 0.5) is 11.5 Å². The number of amides is 3. The Kier molecular flexibility index (Phi) is 5.48. The molecule has 3 fully saturated rings. The lowest BCUT2D eigenvalue weighted by Gasteiger charge is -2.34. The van der Waals surface area contributed by atoms with Crippen LogP contribution >= 0.6 is 0 Å². The van der Waals surface area contributed by atoms with Crippen molar-refractivity contribution < 1.29 is 23.6 Å². The molecule has 9 nitrogen and oxygen atoms in total. The number of hydrogen-bond donors (Lipinski definition) is 2. The summed E-state index contributed by atoms with van der Waals surface area (Å²) in [6.07, 6.45) is 8.21. The van der Waals surface area contributed by atoms with Gasteiger partial charge < -0.3 is 19.9 Å². The number of ether oxygens (including phenoxy) is 1. The van der Waals surface area contributed by atoms with Crippen LogP contribution in [0, 0.1) is 25.7 Å². The molecule has 0 unspecified atom stereocenters. The van der Waals surface area contributed by atoms with E-state index in [1.54, 1.807) is 17.9 Å². The van der Waals surface area contributed by atoms with Crippen LogP contribution in [0.2, 0.25) is 0 Å². The molecular formula is C27H30N4O5. The Labute approximate surface area is 209 Å². The van der Waals surface area contributed by atoms with Gasteiger partial charge in [-0.1, -0.05) is 54.8 Å². The fourth-order valence-corrected chi connectivity index (χ4v) is 6.43. The number of fused-ring (bicyclic) bond motifs is 1. The van der Waals surface area contributed by atoms with E-state index in [0.717, 1.165) is 31.2 Å². The summed E-state index contributed by atoms with van der Waals surface area (Å²) in [6.45, 7) is 3.65. The van der Waals surface area contributed by atoms with Crippen molar-refractivity contribution in [1.29, 1.82) is 0 Å². The molecule has 1 spiro atoms. The number of nitrogens with one attached hydrogen (secondary N) is 2. The number of carbonyl (C=O) groups is 3. The van der Waals surface area contributed by atoms with Gasteiger partial charge in [0.25, 0.3) is 0 Å².